The predicted molar refractivity (Wildman–Crippen MR) is 71.5 cm³/mol. The zero-order chi connectivity index (χ0) is 11.7. The summed E-state index contributed by atoms with van der Waals surface area (Å²) < 4.78 is 1.07. The topological polar surface area (TPSA) is 44.5 Å². The first-order valence-electron chi connectivity index (χ1n) is 5.27. The quantitative estimate of drug-likeness (QED) is 0.739. The number of benzene rings is 1. The second kappa shape index (κ2) is 4.22. The summed E-state index contributed by atoms with van der Waals surface area (Å²) in [5, 5.41) is 0. The van der Waals surface area contributed by atoms with Gasteiger partial charge in [-0.05, 0) is 29.8 Å². The molecule has 0 fully saturated rings. The lowest BCUT2D eigenvalue weighted by atomic mass is 10.2. The lowest BCUT2D eigenvalue weighted by Gasteiger charge is -1.97. The van der Waals surface area contributed by atoms with Crippen molar-refractivity contribution in [1.29, 1.82) is 0 Å². The van der Waals surface area contributed by atoms with E-state index >= 15 is 0 Å². The Morgan fingerprint density at radius 3 is 2.53 bits per heavy atom. The molecule has 2 N–H and O–H groups in total. The summed E-state index contributed by atoms with van der Waals surface area (Å²) in [5.74, 6) is 0.855. The minimum absolute atomic E-state index is 0.855. The zero-order valence-electron chi connectivity index (χ0n) is 8.94. The highest BCUT2D eigenvalue weighted by atomic mass is 79.9. The minimum Gasteiger partial charge on any atom is -0.359 e. The Morgan fingerprint density at radius 2 is 1.82 bits per heavy atom. The van der Waals surface area contributed by atoms with Crippen LogP contribution in [0.15, 0.2) is 53.3 Å². The zero-order valence-corrected chi connectivity index (χ0v) is 10.5. The first kappa shape index (κ1) is 10.4. The molecule has 0 aliphatic carbocycles. The lowest BCUT2D eigenvalue weighted by Crippen LogP contribution is -1.80. The van der Waals surface area contributed by atoms with E-state index in [9.17, 15) is 0 Å². The van der Waals surface area contributed by atoms with Gasteiger partial charge in [0.15, 0.2) is 5.82 Å². The molecule has 3 nitrogen and oxygen atoms in total. The number of nitrogens with zero attached hydrogens (tertiary/aromatic N) is 1. The molecule has 0 bridgehead atoms. The number of imidazole rings is 1. The molecule has 0 amide bonds. The van der Waals surface area contributed by atoms with E-state index in [0.717, 1.165) is 27.2 Å². The van der Waals surface area contributed by atoms with E-state index in [1.54, 1.807) is 0 Å². The minimum atomic E-state index is 0.855. The molecule has 0 saturated heterocycles. The van der Waals surface area contributed by atoms with Crippen LogP contribution in [0.4, 0.5) is 0 Å². The molecule has 4 heteroatoms. The summed E-state index contributed by atoms with van der Waals surface area (Å²) in [4.78, 5) is 10.8. The van der Waals surface area contributed by atoms with Gasteiger partial charge >= 0.3 is 0 Å². The van der Waals surface area contributed by atoms with E-state index in [2.05, 4.69) is 43.0 Å². The van der Waals surface area contributed by atoms with Crippen LogP contribution < -0.4 is 0 Å². The standard InChI is InChI=1S/C13H10BrN3/c14-10-5-3-9(4-6-10)12-8-16-13(17-12)11-2-1-7-15-11/h1-8,15H,(H,16,17). The number of rotatable bonds is 2. The van der Waals surface area contributed by atoms with Crippen molar-refractivity contribution in [3.8, 4) is 22.8 Å². The van der Waals surface area contributed by atoms with Crippen LogP contribution in [0.2, 0.25) is 0 Å². The van der Waals surface area contributed by atoms with Gasteiger partial charge in [-0.25, -0.2) is 4.98 Å². The smallest absolute Gasteiger partial charge is 0.154 e. The van der Waals surface area contributed by atoms with Crippen molar-refractivity contribution in [2.75, 3.05) is 0 Å². The van der Waals surface area contributed by atoms with Crippen LogP contribution in [-0.2, 0) is 0 Å². The van der Waals surface area contributed by atoms with Crippen molar-refractivity contribution in [3.05, 3.63) is 53.3 Å². The summed E-state index contributed by atoms with van der Waals surface area (Å²) in [6.45, 7) is 0. The highest BCUT2D eigenvalue weighted by Crippen LogP contribution is 2.22. The van der Waals surface area contributed by atoms with Gasteiger partial charge in [-0.15, -0.1) is 0 Å². The molecular formula is C13H10BrN3. The summed E-state index contributed by atoms with van der Waals surface area (Å²) in [5.41, 5.74) is 3.13. The van der Waals surface area contributed by atoms with Gasteiger partial charge in [0.05, 0.1) is 17.6 Å². The summed E-state index contributed by atoms with van der Waals surface area (Å²) in [7, 11) is 0. The van der Waals surface area contributed by atoms with Gasteiger partial charge < -0.3 is 9.97 Å². The normalized spacial score (nSPS) is 10.6. The van der Waals surface area contributed by atoms with E-state index in [-0.39, 0.29) is 0 Å². The maximum atomic E-state index is 4.36. The van der Waals surface area contributed by atoms with Crippen LogP contribution in [-0.4, -0.2) is 15.0 Å². The molecule has 0 saturated carbocycles. The molecule has 3 rings (SSSR count). The Kier molecular flexibility index (Phi) is 2.57. The Balaban J connectivity index is 1.98. The second-order valence-electron chi connectivity index (χ2n) is 3.74. The number of hydrogen-bond acceptors (Lipinski definition) is 1. The van der Waals surface area contributed by atoms with E-state index in [1.165, 1.54) is 0 Å². The Labute approximate surface area is 107 Å². The van der Waals surface area contributed by atoms with Gasteiger partial charge in [0.1, 0.15) is 0 Å². The van der Waals surface area contributed by atoms with E-state index in [1.807, 2.05) is 36.7 Å². The summed E-state index contributed by atoms with van der Waals surface area (Å²) in [6, 6.07) is 12.1. The first-order valence-corrected chi connectivity index (χ1v) is 6.07. The van der Waals surface area contributed by atoms with Crippen molar-refractivity contribution >= 4 is 15.9 Å². The van der Waals surface area contributed by atoms with Crippen LogP contribution in [0.1, 0.15) is 0 Å². The monoisotopic (exact) mass is 287 g/mol. The maximum Gasteiger partial charge on any atom is 0.154 e. The number of halogens is 1. The van der Waals surface area contributed by atoms with Crippen LogP contribution in [0.25, 0.3) is 22.8 Å². The number of aromatic nitrogens is 3. The van der Waals surface area contributed by atoms with Crippen LogP contribution in [0, 0.1) is 0 Å². The summed E-state index contributed by atoms with van der Waals surface area (Å²) in [6.07, 6.45) is 3.73. The highest BCUT2D eigenvalue weighted by molar-refractivity contribution is 9.10. The molecule has 84 valence electrons. The Bertz CT molecular complexity index is 608. The SMILES string of the molecule is Brc1ccc(-c2cnc(-c3ccc[nH]3)[nH]2)cc1. The average Bonchev–Trinajstić information content (AvgIpc) is 3.00. The summed E-state index contributed by atoms with van der Waals surface area (Å²) >= 11 is 3.42. The molecule has 17 heavy (non-hydrogen) atoms. The fraction of sp³-hybridized carbons (Fsp3) is 0. The van der Waals surface area contributed by atoms with Gasteiger partial charge in [-0.1, -0.05) is 28.1 Å². The molecule has 0 spiro atoms. The maximum absolute atomic E-state index is 4.36. The number of aromatic amines is 2. The number of nitrogens with one attached hydrogen (secondary N) is 2. The average molecular weight is 288 g/mol. The van der Waals surface area contributed by atoms with Crippen molar-refractivity contribution < 1.29 is 0 Å². The molecule has 0 unspecified atom stereocenters. The van der Waals surface area contributed by atoms with E-state index in [0.29, 0.717) is 0 Å². The van der Waals surface area contributed by atoms with Crippen LogP contribution in [0.5, 0.6) is 0 Å². The van der Waals surface area contributed by atoms with Crippen LogP contribution in [0.3, 0.4) is 0 Å². The van der Waals surface area contributed by atoms with Gasteiger partial charge in [-0.3, -0.25) is 0 Å². The van der Waals surface area contributed by atoms with Crippen molar-refractivity contribution in [2.45, 2.75) is 0 Å². The first-order chi connectivity index (χ1) is 8.33. The molecule has 0 atom stereocenters. The molecular weight excluding hydrogens is 278 g/mol. The Morgan fingerprint density at radius 1 is 1.00 bits per heavy atom. The largest absolute Gasteiger partial charge is 0.359 e. The van der Waals surface area contributed by atoms with Gasteiger partial charge in [0.2, 0.25) is 0 Å². The fourth-order valence-electron chi connectivity index (χ4n) is 1.71. The highest BCUT2D eigenvalue weighted by Gasteiger charge is 2.05. The molecule has 2 heterocycles. The van der Waals surface area contributed by atoms with E-state index in [4.69, 9.17) is 0 Å². The number of hydrogen-bond donors (Lipinski definition) is 2. The van der Waals surface area contributed by atoms with Crippen molar-refractivity contribution in [2.24, 2.45) is 0 Å². The third kappa shape index (κ3) is 2.03. The second-order valence-corrected chi connectivity index (χ2v) is 4.65. The molecule has 3 aromatic rings. The van der Waals surface area contributed by atoms with Gasteiger partial charge in [0.25, 0.3) is 0 Å². The molecule has 2 aromatic heterocycles. The van der Waals surface area contributed by atoms with Gasteiger partial charge in [0, 0.05) is 10.7 Å². The molecule has 0 aliphatic rings. The third-order valence-electron chi connectivity index (χ3n) is 2.58. The van der Waals surface area contributed by atoms with Crippen molar-refractivity contribution in [3.63, 3.8) is 0 Å². The Hall–Kier alpha value is -1.81. The van der Waals surface area contributed by atoms with Crippen LogP contribution >= 0.6 is 15.9 Å². The molecule has 0 radical (unpaired) electrons. The molecule has 1 aromatic carbocycles. The van der Waals surface area contributed by atoms with Crippen molar-refractivity contribution in [1.82, 2.24) is 15.0 Å². The predicted octanol–water partition coefficient (Wildman–Crippen LogP) is 3.83. The third-order valence-corrected chi connectivity index (χ3v) is 3.11. The molecule has 0 aliphatic heterocycles. The number of H-pyrrole nitrogens is 2. The van der Waals surface area contributed by atoms with Gasteiger partial charge in [-0.2, -0.15) is 0 Å². The fourth-order valence-corrected chi connectivity index (χ4v) is 1.98. The van der Waals surface area contributed by atoms with E-state index < -0.39 is 0 Å². The lowest BCUT2D eigenvalue weighted by molar-refractivity contribution is 1.26.